The lowest BCUT2D eigenvalue weighted by atomic mass is 9.94. The molecule has 2 aromatic carbocycles. The smallest absolute Gasteiger partial charge is 0.319 e. The lowest BCUT2D eigenvalue weighted by molar-refractivity contribution is 0.107. The minimum Gasteiger partial charge on any atom is -0.461 e. The third kappa shape index (κ3) is 4.80. The van der Waals surface area contributed by atoms with Crippen molar-refractivity contribution in [1.82, 2.24) is 19.9 Å². The molecule has 0 N–H and O–H groups in total. The van der Waals surface area contributed by atoms with Crippen molar-refractivity contribution in [2.45, 2.75) is 55.8 Å². The normalized spacial score (nSPS) is 27.6. The summed E-state index contributed by atoms with van der Waals surface area (Å²) in [5.41, 5.74) is -1.83. The van der Waals surface area contributed by atoms with Crippen LogP contribution in [0.25, 0.3) is 32.9 Å². The van der Waals surface area contributed by atoms with E-state index in [2.05, 4.69) is 21.8 Å². The molecule has 6 aliphatic rings. The zero-order chi connectivity index (χ0) is 33.5. The molecular weight excluding hydrogens is 641 g/mol. The molecule has 2 aromatic heterocycles. The molecule has 1 saturated carbocycles. The lowest BCUT2D eigenvalue weighted by Crippen LogP contribution is -2.43. The molecule has 4 atom stereocenters. The largest absolute Gasteiger partial charge is 0.461 e. The first-order valence-corrected chi connectivity index (χ1v) is 16.8. The Bertz CT molecular complexity index is 2130. The number of pyridine rings is 1. The number of hydrogen-bond donors (Lipinski definition) is 0. The first-order chi connectivity index (χ1) is 23.8. The van der Waals surface area contributed by atoms with E-state index in [1.54, 1.807) is 24.3 Å². The van der Waals surface area contributed by atoms with Gasteiger partial charge in [-0.2, -0.15) is 18.7 Å². The highest BCUT2D eigenvalue weighted by Crippen LogP contribution is 2.56. The summed E-state index contributed by atoms with van der Waals surface area (Å²) in [4.78, 5) is 17.7. The Kier molecular flexibility index (Phi) is 7.11. The van der Waals surface area contributed by atoms with Gasteiger partial charge >= 0.3 is 6.01 Å². The van der Waals surface area contributed by atoms with Crippen LogP contribution in [0, 0.1) is 29.4 Å². The maximum absolute atomic E-state index is 17.0. The Balaban J connectivity index is 1.23. The van der Waals surface area contributed by atoms with E-state index < -0.39 is 40.9 Å². The summed E-state index contributed by atoms with van der Waals surface area (Å²) in [5.74, 6) is 4.50. The molecule has 4 aromatic rings. The predicted molar refractivity (Wildman–Crippen MR) is 173 cm³/mol. The van der Waals surface area contributed by atoms with E-state index in [0.29, 0.717) is 55.3 Å². The highest BCUT2D eigenvalue weighted by molar-refractivity contribution is 6.02. The molecular formula is C37H32F5N5O2. The van der Waals surface area contributed by atoms with Gasteiger partial charge < -0.3 is 14.4 Å². The van der Waals surface area contributed by atoms with Crippen molar-refractivity contribution in [2.75, 3.05) is 44.4 Å². The van der Waals surface area contributed by atoms with Crippen LogP contribution in [0.2, 0.25) is 0 Å². The minimum atomic E-state index is -1.67. The van der Waals surface area contributed by atoms with E-state index in [0.717, 1.165) is 6.42 Å². The number of benzene rings is 2. The topological polar surface area (TPSA) is 63.6 Å². The molecule has 7 nitrogen and oxygen atoms in total. The van der Waals surface area contributed by atoms with Crippen LogP contribution in [-0.2, 0) is 4.74 Å². The Morgan fingerprint density at radius 3 is 2.86 bits per heavy atom. The second-order valence-electron chi connectivity index (χ2n) is 13.8. The predicted octanol–water partition coefficient (Wildman–Crippen LogP) is 6.97. The Hall–Kier alpha value is -4.34. The van der Waals surface area contributed by atoms with E-state index >= 15 is 13.2 Å². The molecule has 0 amide bonds. The van der Waals surface area contributed by atoms with Crippen LogP contribution in [0.15, 0.2) is 48.2 Å². The Labute approximate surface area is 279 Å². The summed E-state index contributed by atoms with van der Waals surface area (Å²) in [6.07, 6.45) is 2.48. The number of nitrogens with zero attached hydrogens (tertiary/aromatic N) is 5. The molecule has 4 bridgehead atoms. The molecule has 0 radical (unpaired) electrons. The molecule has 0 spiro atoms. The first kappa shape index (κ1) is 30.7. The number of ether oxygens (including phenoxy) is 2. The summed E-state index contributed by atoms with van der Waals surface area (Å²) in [5, 5.41) is 1.35. The van der Waals surface area contributed by atoms with E-state index in [-0.39, 0.29) is 72.2 Å². The van der Waals surface area contributed by atoms with Gasteiger partial charge in [-0.3, -0.25) is 9.88 Å². The van der Waals surface area contributed by atoms with E-state index in [1.807, 2.05) is 9.80 Å². The second-order valence-corrected chi connectivity index (χ2v) is 13.8. The molecule has 10 rings (SSSR count). The van der Waals surface area contributed by atoms with Gasteiger partial charge in [-0.05, 0) is 50.1 Å². The number of halogens is 5. The van der Waals surface area contributed by atoms with Gasteiger partial charge in [-0.15, -0.1) is 0 Å². The average molecular weight is 674 g/mol. The van der Waals surface area contributed by atoms with Crippen LogP contribution < -0.4 is 9.64 Å². The third-order valence-corrected chi connectivity index (χ3v) is 11.1. The SMILES string of the molecule is FC(F)=C1CN2CCC[C@]2(COc2nc3c4cnc(c(F)c4n2)-c2cccc4ccc(F)c(c24)C#CCCC[C@]2(F)[C@@H]4COCCN3[C@@H]42)C1. The van der Waals surface area contributed by atoms with Crippen LogP contribution in [0.1, 0.15) is 44.1 Å². The number of hydrogen-bond acceptors (Lipinski definition) is 7. The van der Waals surface area contributed by atoms with Crippen molar-refractivity contribution < 1.29 is 31.4 Å². The number of aromatic nitrogens is 3. The van der Waals surface area contributed by atoms with Gasteiger partial charge in [0.1, 0.15) is 35.1 Å². The average Bonchev–Trinajstić information content (AvgIpc) is 3.32. The summed E-state index contributed by atoms with van der Waals surface area (Å²) in [6, 6.07) is 7.45. The number of rotatable bonds is 3. The molecule has 252 valence electrons. The number of fused-ring (bicyclic) bond motifs is 5. The number of anilines is 1. The monoisotopic (exact) mass is 673 g/mol. The Morgan fingerprint density at radius 1 is 1.08 bits per heavy atom. The van der Waals surface area contributed by atoms with Crippen molar-refractivity contribution in [3.8, 4) is 29.1 Å². The fourth-order valence-electron chi connectivity index (χ4n) is 8.68. The second kappa shape index (κ2) is 11.4. The standard InChI is InChI=1S/C37H32F5N5O2/c38-27-10-9-21-6-4-8-24-28(21)23(27)7-2-1-3-12-37(42)26-19-48-15-14-47(32(26)37)34-25-17-43-30(24)29(39)31(25)44-35(45-34)49-20-36-11-5-13-46(36)18-22(16-36)33(40)41/h4,6,8-10,17,26,32H,1,3,5,11-16,18-20H2/t26-,32+,36-,37+/m1/s1. The maximum atomic E-state index is 17.0. The van der Waals surface area contributed by atoms with Gasteiger partial charge in [0.2, 0.25) is 0 Å². The summed E-state index contributed by atoms with van der Waals surface area (Å²) in [6.45, 7) is 1.72. The summed E-state index contributed by atoms with van der Waals surface area (Å²) in [7, 11) is 0. The van der Waals surface area contributed by atoms with Gasteiger partial charge in [0.15, 0.2) is 5.82 Å². The lowest BCUT2D eigenvalue weighted by Gasteiger charge is -2.31. The first-order valence-electron chi connectivity index (χ1n) is 16.8. The van der Waals surface area contributed by atoms with Gasteiger partial charge in [0.05, 0.1) is 35.7 Å². The van der Waals surface area contributed by atoms with E-state index in [4.69, 9.17) is 14.5 Å². The Morgan fingerprint density at radius 2 is 1.98 bits per heavy atom. The van der Waals surface area contributed by atoms with Crippen molar-refractivity contribution in [1.29, 1.82) is 0 Å². The van der Waals surface area contributed by atoms with Gasteiger partial charge in [-0.1, -0.05) is 36.1 Å². The molecule has 49 heavy (non-hydrogen) atoms. The highest BCUT2D eigenvalue weighted by atomic mass is 19.3. The van der Waals surface area contributed by atoms with Crippen molar-refractivity contribution in [3.63, 3.8) is 0 Å². The highest BCUT2D eigenvalue weighted by Gasteiger charge is 2.69. The molecule has 3 saturated heterocycles. The van der Waals surface area contributed by atoms with Crippen LogP contribution in [-0.4, -0.2) is 76.6 Å². The molecule has 5 aliphatic heterocycles. The molecule has 4 fully saturated rings. The van der Waals surface area contributed by atoms with E-state index in [1.165, 1.54) is 12.3 Å². The van der Waals surface area contributed by atoms with Crippen molar-refractivity contribution in [3.05, 3.63) is 65.4 Å². The van der Waals surface area contributed by atoms with Crippen LogP contribution in [0.4, 0.5) is 27.8 Å². The van der Waals surface area contributed by atoms with Crippen LogP contribution in [0.3, 0.4) is 0 Å². The summed E-state index contributed by atoms with van der Waals surface area (Å²) >= 11 is 0. The van der Waals surface area contributed by atoms with Crippen LogP contribution in [0.5, 0.6) is 6.01 Å². The quantitative estimate of drug-likeness (QED) is 0.172. The fraction of sp³-hybridized carbons (Fsp3) is 0.432. The number of alkyl halides is 1. The van der Waals surface area contributed by atoms with Gasteiger partial charge in [0, 0.05) is 48.1 Å². The van der Waals surface area contributed by atoms with Crippen LogP contribution >= 0.6 is 0 Å². The maximum Gasteiger partial charge on any atom is 0.319 e. The van der Waals surface area contributed by atoms with E-state index in [9.17, 15) is 8.78 Å². The molecule has 0 unspecified atom stereocenters. The minimum absolute atomic E-state index is 0.0289. The molecule has 12 heteroatoms. The zero-order valence-electron chi connectivity index (χ0n) is 26.5. The molecule has 7 heterocycles. The zero-order valence-corrected chi connectivity index (χ0v) is 26.5. The third-order valence-electron chi connectivity index (χ3n) is 11.1. The van der Waals surface area contributed by atoms with Crippen molar-refractivity contribution >= 4 is 27.5 Å². The van der Waals surface area contributed by atoms with Crippen molar-refractivity contribution in [2.24, 2.45) is 5.92 Å². The van der Waals surface area contributed by atoms with Gasteiger partial charge in [-0.25, -0.2) is 13.2 Å². The summed E-state index contributed by atoms with van der Waals surface area (Å²) < 4.78 is 88.5. The molecule has 1 aliphatic carbocycles. The fourth-order valence-corrected chi connectivity index (χ4v) is 8.68. The van der Waals surface area contributed by atoms with Gasteiger partial charge in [0.25, 0.3) is 6.08 Å².